The van der Waals surface area contributed by atoms with Crippen molar-refractivity contribution in [3.8, 4) is 5.75 Å². The van der Waals surface area contributed by atoms with Gasteiger partial charge in [0.05, 0.1) is 28.6 Å². The summed E-state index contributed by atoms with van der Waals surface area (Å²) in [5.74, 6) is -2.26. The summed E-state index contributed by atoms with van der Waals surface area (Å²) in [7, 11) is 1.20. The maximum Gasteiger partial charge on any atom is 0.373 e. The van der Waals surface area contributed by atoms with E-state index in [1.807, 2.05) is 0 Å². The maximum absolute atomic E-state index is 12.7. The number of hydrogen-bond donors (Lipinski definition) is 1. The van der Waals surface area contributed by atoms with Gasteiger partial charge in [0.2, 0.25) is 5.76 Å². The number of imide groups is 1. The Balaban J connectivity index is 1.77. The molecule has 1 aliphatic heterocycles. The van der Waals surface area contributed by atoms with E-state index in [2.05, 4.69) is 4.74 Å². The SMILES string of the molecule is COC(=O)c1ccc(CN2C(=O)SC(=Cc3cc(Cl)c(OCC(=O)O)c(Cl)c3)C2=O)o1. The smallest absolute Gasteiger partial charge is 0.373 e. The minimum atomic E-state index is -1.19. The van der Waals surface area contributed by atoms with Gasteiger partial charge in [-0.25, -0.2) is 9.59 Å². The lowest BCUT2D eigenvalue weighted by atomic mass is 10.2. The molecule has 1 aliphatic rings. The molecular weight excluding hydrogens is 473 g/mol. The maximum atomic E-state index is 12.7. The Morgan fingerprint density at radius 2 is 1.90 bits per heavy atom. The lowest BCUT2D eigenvalue weighted by Gasteiger charge is -2.10. The van der Waals surface area contributed by atoms with Crippen molar-refractivity contribution in [2.45, 2.75) is 6.54 Å². The Bertz CT molecular complexity index is 1090. The highest BCUT2D eigenvalue weighted by Crippen LogP contribution is 2.37. The number of carboxylic acids is 1. The molecule has 1 fully saturated rings. The van der Waals surface area contributed by atoms with Crippen LogP contribution in [0.3, 0.4) is 0 Å². The largest absolute Gasteiger partial charge is 0.479 e. The number of methoxy groups -OCH3 is 1. The third-order valence-corrected chi connectivity index (χ3v) is 5.36. The first-order valence-corrected chi connectivity index (χ1v) is 10.0. The second-order valence-electron chi connectivity index (χ2n) is 6.02. The molecule has 3 rings (SSSR count). The number of amides is 2. The molecule has 0 spiro atoms. The number of benzene rings is 1. The van der Waals surface area contributed by atoms with Gasteiger partial charge in [-0.1, -0.05) is 23.2 Å². The molecule has 0 radical (unpaired) electrons. The van der Waals surface area contributed by atoms with Crippen molar-refractivity contribution in [1.29, 1.82) is 0 Å². The number of halogens is 2. The minimum absolute atomic E-state index is 0.00443. The van der Waals surface area contributed by atoms with Crippen molar-refractivity contribution in [3.05, 3.63) is 56.3 Å². The molecule has 1 N–H and O–H groups in total. The van der Waals surface area contributed by atoms with E-state index in [-0.39, 0.29) is 38.8 Å². The molecule has 1 saturated heterocycles. The number of carbonyl (C=O) groups excluding carboxylic acids is 3. The summed E-state index contributed by atoms with van der Waals surface area (Å²) < 4.78 is 14.9. The predicted molar refractivity (Wildman–Crippen MR) is 111 cm³/mol. The van der Waals surface area contributed by atoms with E-state index < -0.39 is 29.7 Å². The zero-order chi connectivity index (χ0) is 22.7. The minimum Gasteiger partial charge on any atom is -0.479 e. The molecular formula is C19H13Cl2NO8S. The van der Waals surface area contributed by atoms with Gasteiger partial charge in [-0.15, -0.1) is 0 Å². The fourth-order valence-electron chi connectivity index (χ4n) is 2.55. The lowest BCUT2D eigenvalue weighted by Crippen LogP contribution is -2.27. The van der Waals surface area contributed by atoms with Crippen LogP contribution in [-0.4, -0.2) is 46.8 Å². The van der Waals surface area contributed by atoms with Gasteiger partial charge in [0.15, 0.2) is 12.4 Å². The molecule has 0 unspecified atom stereocenters. The quantitative estimate of drug-likeness (QED) is 0.456. The average molecular weight is 486 g/mol. The highest BCUT2D eigenvalue weighted by molar-refractivity contribution is 8.18. The van der Waals surface area contributed by atoms with Gasteiger partial charge in [0.25, 0.3) is 11.1 Å². The number of furan rings is 1. The van der Waals surface area contributed by atoms with Crippen LogP contribution in [0.2, 0.25) is 10.0 Å². The first kappa shape index (κ1) is 22.7. The summed E-state index contributed by atoms with van der Waals surface area (Å²) in [5, 5.41) is 8.27. The van der Waals surface area contributed by atoms with Crippen LogP contribution < -0.4 is 4.74 Å². The highest BCUT2D eigenvalue weighted by Gasteiger charge is 2.36. The summed E-state index contributed by atoms with van der Waals surface area (Å²) >= 11 is 12.9. The third kappa shape index (κ3) is 5.22. The van der Waals surface area contributed by atoms with E-state index in [4.69, 9.17) is 37.5 Å². The molecule has 2 heterocycles. The normalized spacial score (nSPS) is 14.9. The fourth-order valence-corrected chi connectivity index (χ4v) is 4.00. The van der Waals surface area contributed by atoms with Crippen LogP contribution in [-0.2, 0) is 20.9 Å². The summed E-state index contributed by atoms with van der Waals surface area (Å²) in [5.41, 5.74) is 0.411. The van der Waals surface area contributed by atoms with Crippen molar-refractivity contribution in [1.82, 2.24) is 4.90 Å². The number of rotatable bonds is 7. The molecule has 2 aromatic rings. The van der Waals surface area contributed by atoms with E-state index in [0.29, 0.717) is 17.3 Å². The zero-order valence-corrected chi connectivity index (χ0v) is 18.0. The lowest BCUT2D eigenvalue weighted by molar-refractivity contribution is -0.139. The highest BCUT2D eigenvalue weighted by atomic mass is 35.5. The number of thioether (sulfide) groups is 1. The molecule has 0 bridgehead atoms. The Morgan fingerprint density at radius 3 is 2.52 bits per heavy atom. The first-order chi connectivity index (χ1) is 14.7. The first-order valence-electron chi connectivity index (χ1n) is 8.45. The van der Waals surface area contributed by atoms with Gasteiger partial charge in [0.1, 0.15) is 5.76 Å². The van der Waals surface area contributed by atoms with Crippen LogP contribution in [0.15, 0.2) is 33.6 Å². The van der Waals surface area contributed by atoms with Crippen LogP contribution in [0.5, 0.6) is 5.75 Å². The Hall–Kier alpha value is -2.95. The van der Waals surface area contributed by atoms with Crippen molar-refractivity contribution >= 4 is 64.1 Å². The number of aliphatic carboxylic acids is 1. The van der Waals surface area contributed by atoms with Crippen molar-refractivity contribution in [2.24, 2.45) is 0 Å². The molecule has 9 nitrogen and oxygen atoms in total. The number of esters is 1. The molecule has 1 aromatic carbocycles. The van der Waals surface area contributed by atoms with Crippen LogP contribution in [0, 0.1) is 0 Å². The monoisotopic (exact) mass is 485 g/mol. The van der Waals surface area contributed by atoms with Crippen LogP contribution in [0.1, 0.15) is 21.9 Å². The summed E-state index contributed by atoms with van der Waals surface area (Å²) in [4.78, 5) is 48.1. The van der Waals surface area contributed by atoms with Gasteiger partial charge in [0, 0.05) is 0 Å². The Kier molecular flexibility index (Phi) is 6.94. The average Bonchev–Trinajstić information content (AvgIpc) is 3.27. The molecule has 31 heavy (non-hydrogen) atoms. The molecule has 162 valence electrons. The zero-order valence-electron chi connectivity index (χ0n) is 15.7. The van der Waals surface area contributed by atoms with Crippen LogP contribution >= 0.6 is 35.0 Å². The van der Waals surface area contributed by atoms with Crippen molar-refractivity contribution in [3.63, 3.8) is 0 Å². The topological polar surface area (TPSA) is 123 Å². The van der Waals surface area contributed by atoms with E-state index in [0.717, 1.165) is 4.90 Å². The van der Waals surface area contributed by atoms with Gasteiger partial charge < -0.3 is 19.0 Å². The van der Waals surface area contributed by atoms with Crippen LogP contribution in [0.4, 0.5) is 4.79 Å². The van der Waals surface area contributed by atoms with E-state index in [1.165, 1.54) is 37.5 Å². The molecule has 0 atom stereocenters. The fraction of sp³-hybridized carbons (Fsp3) is 0.158. The number of carboxylic acid groups (broad SMARTS) is 1. The number of hydrogen-bond acceptors (Lipinski definition) is 8. The van der Waals surface area contributed by atoms with E-state index in [1.54, 1.807) is 0 Å². The van der Waals surface area contributed by atoms with Crippen molar-refractivity contribution < 1.29 is 38.2 Å². The molecule has 12 heteroatoms. The third-order valence-electron chi connectivity index (χ3n) is 3.89. The number of carbonyl (C=O) groups is 4. The number of ether oxygens (including phenoxy) is 2. The van der Waals surface area contributed by atoms with Gasteiger partial charge >= 0.3 is 11.9 Å². The summed E-state index contributed by atoms with van der Waals surface area (Å²) in [6, 6.07) is 5.70. The van der Waals surface area contributed by atoms with E-state index >= 15 is 0 Å². The van der Waals surface area contributed by atoms with Crippen LogP contribution in [0.25, 0.3) is 6.08 Å². The molecule has 1 aromatic heterocycles. The molecule has 2 amide bonds. The van der Waals surface area contributed by atoms with Gasteiger partial charge in [-0.05, 0) is 47.7 Å². The van der Waals surface area contributed by atoms with Gasteiger partial charge in [-0.2, -0.15) is 0 Å². The predicted octanol–water partition coefficient (Wildman–Crippen LogP) is 4.07. The number of nitrogens with zero attached hydrogens (tertiary/aromatic N) is 1. The summed E-state index contributed by atoms with van der Waals surface area (Å²) in [6.45, 7) is -0.787. The Labute approximate surface area is 189 Å². The second kappa shape index (κ2) is 9.46. The molecule has 0 aliphatic carbocycles. The van der Waals surface area contributed by atoms with E-state index in [9.17, 15) is 19.2 Å². The summed E-state index contributed by atoms with van der Waals surface area (Å²) in [6.07, 6.45) is 1.42. The Morgan fingerprint density at radius 1 is 1.23 bits per heavy atom. The van der Waals surface area contributed by atoms with Crippen molar-refractivity contribution in [2.75, 3.05) is 13.7 Å². The molecule has 0 saturated carbocycles. The van der Waals surface area contributed by atoms with Gasteiger partial charge in [-0.3, -0.25) is 14.5 Å². The standard InChI is InChI=1S/C19H13Cl2NO8S/c1-28-18(26)13-3-2-10(30-13)7-22-17(25)14(31-19(22)27)6-9-4-11(20)16(12(21)5-9)29-8-15(23)24/h2-6H,7-8H2,1H3,(H,23,24). The second-order valence-corrected chi connectivity index (χ2v) is 7.83.